The third kappa shape index (κ3) is 4.29. The number of primary amides is 1. The van der Waals surface area contributed by atoms with Crippen LogP contribution in [0, 0.1) is 0 Å². The van der Waals surface area contributed by atoms with E-state index >= 15 is 0 Å². The number of nitrogens with one attached hydrogen (secondary N) is 1. The molecule has 3 amide bonds. The van der Waals surface area contributed by atoms with Crippen LogP contribution in [0.1, 0.15) is 25.7 Å². The van der Waals surface area contributed by atoms with E-state index in [4.69, 9.17) is 10.8 Å². The molecule has 0 radical (unpaired) electrons. The van der Waals surface area contributed by atoms with Gasteiger partial charge in [-0.15, -0.1) is 0 Å². The number of nitrogens with two attached hydrogens (primary N) is 1. The van der Waals surface area contributed by atoms with Crippen LogP contribution in [0.4, 0.5) is 4.79 Å². The van der Waals surface area contributed by atoms with Crippen LogP contribution in [0.15, 0.2) is 0 Å². The van der Waals surface area contributed by atoms with E-state index in [9.17, 15) is 14.4 Å². The number of carbonyl (C=O) groups is 3. The Hall–Kier alpha value is -1.79. The average molecular weight is 243 g/mol. The fourth-order valence-corrected chi connectivity index (χ4v) is 1.70. The second-order valence-corrected chi connectivity index (χ2v) is 4.04. The van der Waals surface area contributed by atoms with Gasteiger partial charge >= 0.3 is 12.0 Å². The summed E-state index contributed by atoms with van der Waals surface area (Å²) in [5, 5.41) is 11.3. The number of nitrogens with zero attached hydrogens (tertiary/aromatic N) is 1. The number of amides is 3. The van der Waals surface area contributed by atoms with Crippen molar-refractivity contribution in [1.29, 1.82) is 0 Å². The predicted molar refractivity (Wildman–Crippen MR) is 59.2 cm³/mol. The minimum atomic E-state index is -1.15. The Labute approximate surface area is 98.9 Å². The molecule has 7 nitrogen and oxygen atoms in total. The van der Waals surface area contributed by atoms with Gasteiger partial charge in [-0.05, 0) is 19.3 Å². The summed E-state index contributed by atoms with van der Waals surface area (Å²) in [5.41, 5.74) is 4.94. The van der Waals surface area contributed by atoms with E-state index in [0.717, 1.165) is 12.8 Å². The number of carbonyl (C=O) groups excluding carboxylic acids is 2. The fourth-order valence-electron chi connectivity index (χ4n) is 1.70. The van der Waals surface area contributed by atoms with Crippen molar-refractivity contribution < 1.29 is 19.5 Å². The maximum atomic E-state index is 11.6. The number of likely N-dealkylation sites (tertiary alicyclic amines) is 1. The summed E-state index contributed by atoms with van der Waals surface area (Å²) in [4.78, 5) is 34.7. The van der Waals surface area contributed by atoms with E-state index in [0.29, 0.717) is 13.1 Å². The molecule has 1 saturated heterocycles. The number of rotatable bonds is 5. The van der Waals surface area contributed by atoms with Gasteiger partial charge in [-0.2, -0.15) is 0 Å². The molecule has 1 heterocycles. The molecule has 1 fully saturated rings. The van der Waals surface area contributed by atoms with Crippen molar-refractivity contribution in [2.75, 3.05) is 13.1 Å². The van der Waals surface area contributed by atoms with Crippen LogP contribution in [0.5, 0.6) is 0 Å². The third-order valence-electron chi connectivity index (χ3n) is 2.67. The first-order chi connectivity index (χ1) is 8.00. The zero-order chi connectivity index (χ0) is 12.8. The highest BCUT2D eigenvalue weighted by Crippen LogP contribution is 2.08. The number of hydrogen-bond donors (Lipinski definition) is 3. The maximum absolute atomic E-state index is 11.6. The molecule has 1 atom stereocenters. The molecule has 7 heteroatoms. The van der Waals surface area contributed by atoms with Crippen LogP contribution in [0.3, 0.4) is 0 Å². The first-order valence-corrected chi connectivity index (χ1v) is 5.57. The molecular weight excluding hydrogens is 226 g/mol. The molecule has 1 rings (SSSR count). The highest BCUT2D eigenvalue weighted by Gasteiger charge is 2.24. The first-order valence-electron chi connectivity index (χ1n) is 5.57. The van der Waals surface area contributed by atoms with E-state index in [-0.39, 0.29) is 18.9 Å². The Morgan fingerprint density at radius 2 is 1.88 bits per heavy atom. The molecule has 1 aliphatic rings. The Bertz CT molecular complexity index is 313. The Morgan fingerprint density at radius 3 is 2.35 bits per heavy atom. The Kier molecular flexibility index (Phi) is 4.74. The van der Waals surface area contributed by atoms with Gasteiger partial charge in [0.15, 0.2) is 0 Å². The molecule has 0 aromatic heterocycles. The summed E-state index contributed by atoms with van der Waals surface area (Å²) in [6.45, 7) is 1.29. The largest absolute Gasteiger partial charge is 0.480 e. The molecule has 0 aliphatic carbocycles. The van der Waals surface area contributed by atoms with Crippen LogP contribution in [-0.4, -0.2) is 47.0 Å². The SMILES string of the molecule is NC(=O)CC[C@@H](NC(=O)N1CCCC1)C(=O)O. The van der Waals surface area contributed by atoms with Gasteiger partial charge < -0.3 is 21.1 Å². The van der Waals surface area contributed by atoms with E-state index < -0.39 is 17.9 Å². The van der Waals surface area contributed by atoms with Crippen LogP contribution in [-0.2, 0) is 9.59 Å². The highest BCUT2D eigenvalue weighted by molar-refractivity contribution is 5.83. The number of urea groups is 1. The average Bonchev–Trinajstić information content (AvgIpc) is 2.76. The third-order valence-corrected chi connectivity index (χ3v) is 2.67. The number of aliphatic carboxylic acids is 1. The predicted octanol–water partition coefficient (Wildman–Crippen LogP) is -0.489. The van der Waals surface area contributed by atoms with Crippen LogP contribution < -0.4 is 11.1 Å². The lowest BCUT2D eigenvalue weighted by Gasteiger charge is -2.20. The zero-order valence-electron chi connectivity index (χ0n) is 9.52. The van der Waals surface area contributed by atoms with Crippen molar-refractivity contribution in [3.8, 4) is 0 Å². The Morgan fingerprint density at radius 1 is 1.29 bits per heavy atom. The zero-order valence-corrected chi connectivity index (χ0v) is 9.52. The van der Waals surface area contributed by atoms with Crippen molar-refractivity contribution in [2.24, 2.45) is 5.73 Å². The quantitative estimate of drug-likeness (QED) is 0.604. The Balaban J connectivity index is 2.44. The van der Waals surface area contributed by atoms with Gasteiger partial charge in [-0.25, -0.2) is 9.59 Å². The number of carboxylic acids is 1. The smallest absolute Gasteiger partial charge is 0.326 e. The van der Waals surface area contributed by atoms with Gasteiger partial charge in [0.05, 0.1) is 0 Å². The van der Waals surface area contributed by atoms with Crippen LogP contribution in [0.25, 0.3) is 0 Å². The molecule has 0 saturated carbocycles. The molecule has 0 bridgehead atoms. The highest BCUT2D eigenvalue weighted by atomic mass is 16.4. The monoisotopic (exact) mass is 243 g/mol. The van der Waals surface area contributed by atoms with Crippen LogP contribution >= 0.6 is 0 Å². The van der Waals surface area contributed by atoms with Crippen molar-refractivity contribution >= 4 is 17.9 Å². The summed E-state index contributed by atoms with van der Waals surface area (Å²) in [7, 11) is 0. The van der Waals surface area contributed by atoms with Crippen LogP contribution in [0.2, 0.25) is 0 Å². The fraction of sp³-hybridized carbons (Fsp3) is 0.700. The molecule has 0 spiro atoms. The van der Waals surface area contributed by atoms with Crippen molar-refractivity contribution in [2.45, 2.75) is 31.7 Å². The van der Waals surface area contributed by atoms with E-state index in [1.54, 1.807) is 4.90 Å². The summed E-state index contributed by atoms with van der Waals surface area (Å²) in [6.07, 6.45) is 1.83. The van der Waals surface area contributed by atoms with Gasteiger partial charge in [-0.3, -0.25) is 4.79 Å². The maximum Gasteiger partial charge on any atom is 0.326 e. The van der Waals surface area contributed by atoms with E-state index in [2.05, 4.69) is 5.32 Å². The minimum Gasteiger partial charge on any atom is -0.480 e. The summed E-state index contributed by atoms with van der Waals surface area (Å²) in [6, 6.07) is -1.45. The minimum absolute atomic E-state index is 0.0181. The topological polar surface area (TPSA) is 113 Å². The molecule has 17 heavy (non-hydrogen) atoms. The lowest BCUT2D eigenvalue weighted by molar-refractivity contribution is -0.139. The molecule has 0 aromatic carbocycles. The van der Waals surface area contributed by atoms with Crippen molar-refractivity contribution in [3.05, 3.63) is 0 Å². The van der Waals surface area contributed by atoms with Crippen molar-refractivity contribution in [3.63, 3.8) is 0 Å². The van der Waals surface area contributed by atoms with Crippen molar-refractivity contribution in [1.82, 2.24) is 10.2 Å². The molecular formula is C10H17N3O4. The molecule has 0 unspecified atom stereocenters. The van der Waals surface area contributed by atoms with Gasteiger partial charge in [0.2, 0.25) is 5.91 Å². The normalized spacial score (nSPS) is 16.6. The summed E-state index contributed by atoms with van der Waals surface area (Å²) >= 11 is 0. The summed E-state index contributed by atoms with van der Waals surface area (Å²) in [5.74, 6) is -1.73. The number of hydrogen-bond acceptors (Lipinski definition) is 3. The lowest BCUT2D eigenvalue weighted by atomic mass is 10.1. The van der Waals surface area contributed by atoms with Gasteiger partial charge in [0.1, 0.15) is 6.04 Å². The lowest BCUT2D eigenvalue weighted by Crippen LogP contribution is -2.47. The number of carboxylic acid groups (broad SMARTS) is 1. The second kappa shape index (κ2) is 6.07. The molecule has 0 aromatic rings. The van der Waals surface area contributed by atoms with Gasteiger partial charge in [0.25, 0.3) is 0 Å². The molecule has 1 aliphatic heterocycles. The van der Waals surface area contributed by atoms with Gasteiger partial charge in [0, 0.05) is 19.5 Å². The van der Waals surface area contributed by atoms with E-state index in [1.807, 2.05) is 0 Å². The van der Waals surface area contributed by atoms with E-state index in [1.165, 1.54) is 0 Å². The standard InChI is InChI=1S/C10H17N3O4/c11-8(14)4-3-7(9(15)16)12-10(17)13-5-1-2-6-13/h7H,1-6H2,(H2,11,14)(H,12,17)(H,15,16)/t7-/m1/s1. The van der Waals surface area contributed by atoms with Gasteiger partial charge in [-0.1, -0.05) is 0 Å². The second-order valence-electron chi connectivity index (χ2n) is 4.04. The first kappa shape index (κ1) is 13.3. The molecule has 4 N–H and O–H groups in total. The summed E-state index contributed by atoms with van der Waals surface area (Å²) < 4.78 is 0. The molecule has 96 valence electrons.